The second-order valence-electron chi connectivity index (χ2n) is 5.23. The molecule has 0 fully saturated rings. The highest BCUT2D eigenvalue weighted by molar-refractivity contribution is 6.09. The standard InChI is InChI=1S/C19H15N3/c20-15-9-3-6-12-18(15)22-19-13-7-1-4-10-16(13)21-17-11-5-2-8-14(17)19/h1-12H,20H2,(H,21,22). The topological polar surface area (TPSA) is 50.9 Å². The molecular formula is C19H15N3. The van der Waals surface area contributed by atoms with Gasteiger partial charge in [-0.2, -0.15) is 0 Å². The lowest BCUT2D eigenvalue weighted by molar-refractivity contribution is 1.48. The van der Waals surface area contributed by atoms with Gasteiger partial charge in [0.1, 0.15) is 0 Å². The fraction of sp³-hybridized carbons (Fsp3) is 0. The van der Waals surface area contributed by atoms with Crippen LogP contribution in [0.25, 0.3) is 21.8 Å². The number of anilines is 3. The number of nitrogens with two attached hydrogens (primary N) is 1. The summed E-state index contributed by atoms with van der Waals surface area (Å²) in [6, 6.07) is 24.1. The van der Waals surface area contributed by atoms with Crippen LogP contribution in [0.2, 0.25) is 0 Å². The lowest BCUT2D eigenvalue weighted by Crippen LogP contribution is -1.98. The van der Waals surface area contributed by atoms with Gasteiger partial charge in [0.25, 0.3) is 0 Å². The number of nitrogens with one attached hydrogen (secondary N) is 1. The molecule has 106 valence electrons. The first-order chi connectivity index (χ1) is 10.8. The first-order valence-corrected chi connectivity index (χ1v) is 7.22. The molecule has 0 amide bonds. The van der Waals surface area contributed by atoms with E-state index in [9.17, 15) is 0 Å². The number of nitrogens with zero attached hydrogens (tertiary/aromatic N) is 1. The average molecular weight is 285 g/mol. The minimum atomic E-state index is 0.729. The molecule has 0 radical (unpaired) electrons. The van der Waals surface area contributed by atoms with Gasteiger partial charge in [-0.05, 0) is 24.3 Å². The van der Waals surface area contributed by atoms with E-state index in [-0.39, 0.29) is 0 Å². The van der Waals surface area contributed by atoms with E-state index in [1.54, 1.807) is 0 Å². The Hall–Kier alpha value is -3.07. The third-order valence-electron chi connectivity index (χ3n) is 3.81. The lowest BCUT2D eigenvalue weighted by atomic mass is 10.1. The number of pyridine rings is 1. The second kappa shape index (κ2) is 5.04. The number of hydrogen-bond donors (Lipinski definition) is 2. The highest BCUT2D eigenvalue weighted by Gasteiger charge is 2.09. The normalized spacial score (nSPS) is 10.9. The Kier molecular flexibility index (Phi) is 2.90. The maximum atomic E-state index is 6.08. The van der Waals surface area contributed by atoms with Crippen molar-refractivity contribution in [1.29, 1.82) is 0 Å². The summed E-state index contributed by atoms with van der Waals surface area (Å²) < 4.78 is 0. The van der Waals surface area contributed by atoms with Crippen LogP contribution in [0.4, 0.5) is 17.1 Å². The number of para-hydroxylation sites is 4. The van der Waals surface area contributed by atoms with Crippen molar-refractivity contribution in [3.05, 3.63) is 72.8 Å². The van der Waals surface area contributed by atoms with Crippen molar-refractivity contribution in [1.82, 2.24) is 4.98 Å². The zero-order valence-corrected chi connectivity index (χ0v) is 12.0. The summed E-state index contributed by atoms with van der Waals surface area (Å²) in [5.74, 6) is 0. The fourth-order valence-electron chi connectivity index (χ4n) is 2.72. The van der Waals surface area contributed by atoms with Crippen molar-refractivity contribution in [3.63, 3.8) is 0 Å². The van der Waals surface area contributed by atoms with E-state index >= 15 is 0 Å². The number of rotatable bonds is 2. The number of benzene rings is 3. The van der Waals surface area contributed by atoms with E-state index in [0.717, 1.165) is 38.9 Å². The van der Waals surface area contributed by atoms with Gasteiger partial charge in [-0.15, -0.1) is 0 Å². The van der Waals surface area contributed by atoms with Crippen LogP contribution in [0.15, 0.2) is 72.8 Å². The largest absolute Gasteiger partial charge is 0.397 e. The van der Waals surface area contributed by atoms with Gasteiger partial charge in [-0.1, -0.05) is 48.5 Å². The van der Waals surface area contributed by atoms with Crippen LogP contribution in [0.5, 0.6) is 0 Å². The highest BCUT2D eigenvalue weighted by Crippen LogP contribution is 2.34. The van der Waals surface area contributed by atoms with Crippen molar-refractivity contribution in [3.8, 4) is 0 Å². The molecule has 0 bridgehead atoms. The summed E-state index contributed by atoms with van der Waals surface area (Å²) >= 11 is 0. The first kappa shape index (κ1) is 12.7. The molecule has 0 saturated heterocycles. The number of hydrogen-bond acceptors (Lipinski definition) is 3. The molecule has 0 aliphatic carbocycles. The van der Waals surface area contributed by atoms with Crippen LogP contribution in [0.3, 0.4) is 0 Å². The Morgan fingerprint density at radius 2 is 1.23 bits per heavy atom. The van der Waals surface area contributed by atoms with E-state index in [0.29, 0.717) is 0 Å². The second-order valence-corrected chi connectivity index (χ2v) is 5.23. The summed E-state index contributed by atoms with van der Waals surface area (Å²) in [6.07, 6.45) is 0. The summed E-state index contributed by atoms with van der Waals surface area (Å²) in [4.78, 5) is 4.73. The van der Waals surface area contributed by atoms with E-state index in [2.05, 4.69) is 17.4 Å². The van der Waals surface area contributed by atoms with E-state index in [4.69, 9.17) is 10.7 Å². The average Bonchev–Trinajstić information content (AvgIpc) is 2.56. The van der Waals surface area contributed by atoms with E-state index in [1.165, 1.54) is 0 Å². The number of aromatic nitrogens is 1. The van der Waals surface area contributed by atoms with Crippen molar-refractivity contribution in [2.75, 3.05) is 11.1 Å². The molecule has 1 heterocycles. The quantitative estimate of drug-likeness (QED) is 0.414. The number of nitrogen functional groups attached to an aromatic ring is 1. The molecular weight excluding hydrogens is 270 g/mol. The van der Waals surface area contributed by atoms with Crippen LogP contribution in [0.1, 0.15) is 0 Å². The van der Waals surface area contributed by atoms with Gasteiger partial charge in [0.05, 0.1) is 28.1 Å². The first-order valence-electron chi connectivity index (χ1n) is 7.22. The molecule has 1 aromatic heterocycles. The molecule has 3 N–H and O–H groups in total. The summed E-state index contributed by atoms with van der Waals surface area (Å²) in [7, 11) is 0. The molecule has 3 aromatic carbocycles. The maximum Gasteiger partial charge on any atom is 0.0730 e. The highest BCUT2D eigenvalue weighted by atomic mass is 14.9. The number of fused-ring (bicyclic) bond motifs is 2. The molecule has 0 aliphatic heterocycles. The molecule has 0 atom stereocenters. The Bertz CT molecular complexity index is 922. The predicted octanol–water partition coefficient (Wildman–Crippen LogP) is 4.71. The fourth-order valence-corrected chi connectivity index (χ4v) is 2.72. The Morgan fingerprint density at radius 1 is 0.682 bits per heavy atom. The minimum Gasteiger partial charge on any atom is -0.397 e. The van der Waals surface area contributed by atoms with Crippen LogP contribution >= 0.6 is 0 Å². The van der Waals surface area contributed by atoms with Gasteiger partial charge in [-0.3, -0.25) is 0 Å². The van der Waals surface area contributed by atoms with Crippen molar-refractivity contribution in [2.45, 2.75) is 0 Å². The summed E-state index contributed by atoms with van der Waals surface area (Å²) in [6.45, 7) is 0. The van der Waals surface area contributed by atoms with Crippen LogP contribution in [0, 0.1) is 0 Å². The molecule has 4 rings (SSSR count). The maximum absolute atomic E-state index is 6.08. The lowest BCUT2D eigenvalue weighted by Gasteiger charge is -2.14. The molecule has 4 aromatic rings. The van der Waals surface area contributed by atoms with Gasteiger partial charge < -0.3 is 11.1 Å². The molecule has 22 heavy (non-hydrogen) atoms. The zero-order valence-electron chi connectivity index (χ0n) is 12.0. The van der Waals surface area contributed by atoms with Crippen LogP contribution < -0.4 is 11.1 Å². The van der Waals surface area contributed by atoms with Crippen LogP contribution in [-0.4, -0.2) is 4.98 Å². The SMILES string of the molecule is Nc1ccccc1Nc1c2ccccc2nc2ccccc12. The minimum absolute atomic E-state index is 0.729. The van der Waals surface area contributed by atoms with Gasteiger partial charge in [-0.25, -0.2) is 4.98 Å². The van der Waals surface area contributed by atoms with Crippen molar-refractivity contribution in [2.24, 2.45) is 0 Å². The van der Waals surface area contributed by atoms with Crippen LogP contribution in [-0.2, 0) is 0 Å². The summed E-state index contributed by atoms with van der Waals surface area (Å²) in [5, 5.41) is 5.67. The van der Waals surface area contributed by atoms with E-state index in [1.807, 2.05) is 60.7 Å². The van der Waals surface area contributed by atoms with Gasteiger partial charge in [0, 0.05) is 10.8 Å². The summed E-state index contributed by atoms with van der Waals surface area (Å²) in [5.41, 5.74) is 10.7. The Morgan fingerprint density at radius 3 is 1.86 bits per heavy atom. The van der Waals surface area contributed by atoms with Crippen molar-refractivity contribution < 1.29 is 0 Å². The van der Waals surface area contributed by atoms with E-state index < -0.39 is 0 Å². The smallest absolute Gasteiger partial charge is 0.0730 e. The Labute approximate surface area is 128 Å². The zero-order chi connectivity index (χ0) is 14.9. The molecule has 3 nitrogen and oxygen atoms in total. The van der Waals surface area contributed by atoms with Crippen molar-refractivity contribution >= 4 is 38.9 Å². The third kappa shape index (κ3) is 2.04. The molecule has 3 heteroatoms. The third-order valence-corrected chi connectivity index (χ3v) is 3.81. The van der Waals surface area contributed by atoms with Gasteiger partial charge >= 0.3 is 0 Å². The Balaban J connectivity index is 2.02. The molecule has 0 spiro atoms. The van der Waals surface area contributed by atoms with Gasteiger partial charge in [0.2, 0.25) is 0 Å². The molecule has 0 unspecified atom stereocenters. The predicted molar refractivity (Wildman–Crippen MR) is 93.4 cm³/mol. The monoisotopic (exact) mass is 285 g/mol. The molecule has 0 saturated carbocycles. The van der Waals surface area contributed by atoms with Gasteiger partial charge in [0.15, 0.2) is 0 Å². The molecule has 0 aliphatic rings.